The highest BCUT2D eigenvalue weighted by molar-refractivity contribution is 7.80. The summed E-state index contributed by atoms with van der Waals surface area (Å²) in [6, 6.07) is 5.53. The Morgan fingerprint density at radius 3 is 2.25 bits per heavy atom. The Balaban J connectivity index is 2.85. The normalized spacial score (nSPS) is 9.30. The predicted molar refractivity (Wildman–Crippen MR) is 80.6 cm³/mol. The third-order valence-corrected chi connectivity index (χ3v) is 2.69. The summed E-state index contributed by atoms with van der Waals surface area (Å²) in [6.07, 6.45) is 0.386. The van der Waals surface area contributed by atoms with Gasteiger partial charge in [-0.2, -0.15) is 5.26 Å². The van der Waals surface area contributed by atoms with Gasteiger partial charge in [0.05, 0.1) is 33.8 Å². The molecule has 0 aliphatic carbocycles. The van der Waals surface area contributed by atoms with Gasteiger partial charge in [-0.25, -0.2) is 0 Å². The van der Waals surface area contributed by atoms with Crippen LogP contribution in [0.3, 0.4) is 0 Å². The monoisotopic (exact) mass is 295 g/mol. The third-order valence-electron chi connectivity index (χ3n) is 2.44. The third kappa shape index (κ3) is 4.17. The summed E-state index contributed by atoms with van der Waals surface area (Å²) in [5, 5.41) is 14.8. The van der Waals surface area contributed by atoms with Gasteiger partial charge < -0.3 is 24.8 Å². The molecule has 108 valence electrons. The number of hydrogen-bond donors (Lipinski definition) is 2. The van der Waals surface area contributed by atoms with E-state index in [0.717, 1.165) is 0 Å². The quantitative estimate of drug-likeness (QED) is 0.613. The molecule has 0 radical (unpaired) electrons. The summed E-state index contributed by atoms with van der Waals surface area (Å²) in [7, 11) is 4.64. The molecule has 0 bridgehead atoms. The Morgan fingerprint density at radius 2 is 1.80 bits per heavy atom. The number of ether oxygens (including phenoxy) is 3. The van der Waals surface area contributed by atoms with Crippen molar-refractivity contribution in [2.45, 2.75) is 6.42 Å². The molecular weight excluding hydrogens is 278 g/mol. The number of anilines is 1. The Bertz CT molecular complexity index is 489. The molecule has 0 atom stereocenters. The van der Waals surface area contributed by atoms with Crippen molar-refractivity contribution in [3.8, 4) is 23.3 Å². The van der Waals surface area contributed by atoms with Crippen LogP contribution in [0, 0.1) is 11.3 Å². The molecule has 0 saturated carbocycles. The molecule has 7 heteroatoms. The average Bonchev–Trinajstić information content (AvgIpc) is 2.46. The van der Waals surface area contributed by atoms with E-state index in [2.05, 4.69) is 10.6 Å². The highest BCUT2D eigenvalue weighted by Crippen LogP contribution is 2.39. The predicted octanol–water partition coefficient (Wildman–Crippen LogP) is 1.91. The van der Waals surface area contributed by atoms with Crippen LogP contribution >= 0.6 is 12.2 Å². The molecule has 0 saturated heterocycles. The number of nitrogens with zero attached hydrogens (tertiary/aromatic N) is 1. The fraction of sp³-hybridized carbons (Fsp3) is 0.385. The molecule has 0 heterocycles. The first kappa shape index (κ1) is 15.9. The minimum absolute atomic E-state index is 0.386. The van der Waals surface area contributed by atoms with Crippen LogP contribution in [0.4, 0.5) is 5.69 Å². The standard InChI is InChI=1S/C13H17N3O3S/c1-17-10-7-9(8-11(18-2)12(10)19-3)16-13(20)15-6-4-5-14/h7-8H,4,6H2,1-3H3,(H2,15,16,20). The number of thiocarbonyl (C=S) groups is 1. The maximum atomic E-state index is 8.46. The van der Waals surface area contributed by atoms with E-state index < -0.39 is 0 Å². The largest absolute Gasteiger partial charge is 0.493 e. The molecule has 1 aromatic rings. The van der Waals surface area contributed by atoms with E-state index in [9.17, 15) is 0 Å². The summed E-state index contributed by atoms with van der Waals surface area (Å²) in [6.45, 7) is 0.493. The van der Waals surface area contributed by atoms with Crippen LogP contribution in [0.25, 0.3) is 0 Å². The number of benzene rings is 1. The van der Waals surface area contributed by atoms with E-state index in [1.165, 1.54) is 0 Å². The van der Waals surface area contributed by atoms with Gasteiger partial charge in [-0.3, -0.25) is 0 Å². The van der Waals surface area contributed by atoms with Crippen LogP contribution in [0.5, 0.6) is 17.2 Å². The van der Waals surface area contributed by atoms with E-state index >= 15 is 0 Å². The Morgan fingerprint density at radius 1 is 1.20 bits per heavy atom. The van der Waals surface area contributed by atoms with Gasteiger partial charge in [-0.1, -0.05) is 0 Å². The first-order chi connectivity index (χ1) is 9.65. The van der Waals surface area contributed by atoms with Crippen molar-refractivity contribution in [3.63, 3.8) is 0 Å². The van der Waals surface area contributed by atoms with Crippen molar-refractivity contribution in [3.05, 3.63) is 12.1 Å². The zero-order valence-electron chi connectivity index (χ0n) is 11.6. The molecular formula is C13H17N3O3S. The van der Waals surface area contributed by atoms with Crippen molar-refractivity contribution in [2.24, 2.45) is 0 Å². The molecule has 0 aliphatic rings. The molecule has 6 nitrogen and oxygen atoms in total. The van der Waals surface area contributed by atoms with E-state index in [4.69, 9.17) is 31.7 Å². The van der Waals surface area contributed by atoms with Gasteiger partial charge in [0.15, 0.2) is 16.6 Å². The van der Waals surface area contributed by atoms with Crippen molar-refractivity contribution in [1.29, 1.82) is 5.26 Å². The zero-order valence-corrected chi connectivity index (χ0v) is 12.5. The lowest BCUT2D eigenvalue weighted by atomic mass is 10.2. The van der Waals surface area contributed by atoms with Crippen molar-refractivity contribution < 1.29 is 14.2 Å². The smallest absolute Gasteiger partial charge is 0.203 e. The van der Waals surface area contributed by atoms with Crippen LogP contribution in [0.1, 0.15) is 6.42 Å². The second-order valence-corrected chi connectivity index (χ2v) is 4.11. The van der Waals surface area contributed by atoms with Gasteiger partial charge in [0, 0.05) is 24.4 Å². The lowest BCUT2D eigenvalue weighted by molar-refractivity contribution is 0.324. The highest BCUT2D eigenvalue weighted by Gasteiger charge is 2.13. The van der Waals surface area contributed by atoms with Crippen LogP contribution in [-0.2, 0) is 0 Å². The van der Waals surface area contributed by atoms with E-state index in [1.807, 2.05) is 6.07 Å². The summed E-state index contributed by atoms with van der Waals surface area (Å²) < 4.78 is 15.7. The average molecular weight is 295 g/mol. The second-order valence-electron chi connectivity index (χ2n) is 3.70. The molecule has 0 aromatic heterocycles. The number of nitriles is 1. The molecule has 2 N–H and O–H groups in total. The fourth-order valence-electron chi connectivity index (χ4n) is 1.56. The second kappa shape index (κ2) is 8.07. The number of methoxy groups -OCH3 is 3. The van der Waals surface area contributed by atoms with Crippen molar-refractivity contribution >= 4 is 23.0 Å². The fourth-order valence-corrected chi connectivity index (χ4v) is 1.78. The SMILES string of the molecule is COc1cc(NC(=S)NCCC#N)cc(OC)c1OC. The molecule has 0 aliphatic heterocycles. The van der Waals surface area contributed by atoms with E-state index in [0.29, 0.717) is 41.0 Å². The van der Waals surface area contributed by atoms with E-state index in [-0.39, 0.29) is 0 Å². The molecule has 0 spiro atoms. The Hall–Kier alpha value is -2.20. The van der Waals surface area contributed by atoms with Gasteiger partial charge in [0.1, 0.15) is 0 Å². The van der Waals surface area contributed by atoms with Gasteiger partial charge in [-0.05, 0) is 12.2 Å². The van der Waals surface area contributed by atoms with Crippen LogP contribution in [0.15, 0.2) is 12.1 Å². The van der Waals surface area contributed by atoms with Crippen LogP contribution < -0.4 is 24.8 Å². The molecule has 20 heavy (non-hydrogen) atoms. The molecule has 1 aromatic carbocycles. The number of hydrogen-bond acceptors (Lipinski definition) is 5. The lowest BCUT2D eigenvalue weighted by Gasteiger charge is -2.15. The van der Waals surface area contributed by atoms with Crippen molar-refractivity contribution in [1.82, 2.24) is 5.32 Å². The van der Waals surface area contributed by atoms with Gasteiger partial charge >= 0.3 is 0 Å². The van der Waals surface area contributed by atoms with Crippen molar-refractivity contribution in [2.75, 3.05) is 33.2 Å². The van der Waals surface area contributed by atoms with E-state index in [1.54, 1.807) is 33.5 Å². The number of rotatable bonds is 6. The van der Waals surface area contributed by atoms with Gasteiger partial charge in [-0.15, -0.1) is 0 Å². The Kier molecular flexibility index (Phi) is 6.40. The summed E-state index contributed by atoms with van der Waals surface area (Å²) in [5.41, 5.74) is 0.703. The first-order valence-electron chi connectivity index (χ1n) is 5.88. The Labute approximate surface area is 123 Å². The minimum Gasteiger partial charge on any atom is -0.493 e. The lowest BCUT2D eigenvalue weighted by Crippen LogP contribution is -2.29. The molecule has 0 unspecified atom stereocenters. The summed E-state index contributed by atoms with van der Waals surface area (Å²) >= 11 is 5.13. The van der Waals surface area contributed by atoms with Crippen LogP contribution in [0.2, 0.25) is 0 Å². The maximum Gasteiger partial charge on any atom is 0.203 e. The van der Waals surface area contributed by atoms with Gasteiger partial charge in [0.2, 0.25) is 5.75 Å². The topological polar surface area (TPSA) is 75.5 Å². The summed E-state index contributed by atoms with van der Waals surface area (Å²) in [4.78, 5) is 0. The van der Waals surface area contributed by atoms with Crippen LogP contribution in [-0.4, -0.2) is 33.0 Å². The minimum atomic E-state index is 0.386. The molecule has 1 rings (SSSR count). The number of nitrogens with one attached hydrogen (secondary N) is 2. The first-order valence-corrected chi connectivity index (χ1v) is 6.28. The zero-order chi connectivity index (χ0) is 15.0. The summed E-state index contributed by atoms with van der Waals surface area (Å²) in [5.74, 6) is 1.59. The maximum absolute atomic E-state index is 8.46. The highest BCUT2D eigenvalue weighted by atomic mass is 32.1. The molecule has 0 fully saturated rings. The van der Waals surface area contributed by atoms with Gasteiger partial charge in [0.25, 0.3) is 0 Å². The molecule has 0 amide bonds.